The van der Waals surface area contributed by atoms with Crippen LogP contribution in [0.15, 0.2) is 53.3 Å². The van der Waals surface area contributed by atoms with Crippen molar-refractivity contribution in [1.29, 1.82) is 0 Å². The first-order valence-corrected chi connectivity index (χ1v) is 9.58. The quantitative estimate of drug-likeness (QED) is 0.652. The predicted octanol–water partition coefficient (Wildman–Crippen LogP) is 3.30. The summed E-state index contributed by atoms with van der Waals surface area (Å²) in [5.74, 6) is 1.33. The monoisotopic (exact) mass is 379 g/mol. The number of para-hydroxylation sites is 2. The molecule has 3 rings (SSSR count). The minimum atomic E-state index is -0.185. The molecule has 1 N–H and O–H groups in total. The van der Waals surface area contributed by atoms with E-state index in [0.29, 0.717) is 42.7 Å². The van der Waals surface area contributed by atoms with Gasteiger partial charge in [0.1, 0.15) is 11.6 Å². The molecule has 0 bridgehead atoms. The first kappa shape index (κ1) is 19.6. The van der Waals surface area contributed by atoms with Gasteiger partial charge < -0.3 is 14.6 Å². The molecule has 0 aliphatic heterocycles. The van der Waals surface area contributed by atoms with Crippen LogP contribution in [0.3, 0.4) is 0 Å². The zero-order chi connectivity index (χ0) is 19.9. The number of fused-ring (bicyclic) bond motifs is 1. The fourth-order valence-electron chi connectivity index (χ4n) is 3.17. The molecule has 1 heterocycles. The summed E-state index contributed by atoms with van der Waals surface area (Å²) in [6, 6.07) is 15.0. The van der Waals surface area contributed by atoms with Crippen molar-refractivity contribution in [2.75, 3.05) is 13.2 Å². The highest BCUT2D eigenvalue weighted by atomic mass is 16.5. The van der Waals surface area contributed by atoms with Gasteiger partial charge in [-0.05, 0) is 44.0 Å². The maximum Gasteiger partial charge on any atom is 0.258 e. The Morgan fingerprint density at radius 3 is 2.64 bits per heavy atom. The van der Waals surface area contributed by atoms with Crippen molar-refractivity contribution >= 4 is 16.8 Å². The second-order valence-corrected chi connectivity index (χ2v) is 6.48. The number of ether oxygens (including phenoxy) is 1. The molecule has 6 heteroatoms. The number of H-pyrrole nitrogens is 1. The molecule has 0 saturated heterocycles. The first-order chi connectivity index (χ1) is 13.6. The van der Waals surface area contributed by atoms with E-state index in [9.17, 15) is 9.59 Å². The Bertz CT molecular complexity index is 1010. The van der Waals surface area contributed by atoms with Gasteiger partial charge in [0.15, 0.2) is 0 Å². The van der Waals surface area contributed by atoms with E-state index in [1.807, 2.05) is 44.2 Å². The minimum Gasteiger partial charge on any atom is -0.494 e. The SMILES string of the molecule is CCOc1ccccc1CCC(=O)N(CC)Cc1nc2ccccc2c(=O)[nH]1. The van der Waals surface area contributed by atoms with Gasteiger partial charge in [-0.2, -0.15) is 0 Å². The summed E-state index contributed by atoms with van der Waals surface area (Å²) in [7, 11) is 0. The number of aryl methyl sites for hydroxylation is 1. The Morgan fingerprint density at radius 1 is 1.11 bits per heavy atom. The Hall–Kier alpha value is -3.15. The highest BCUT2D eigenvalue weighted by Gasteiger charge is 2.15. The van der Waals surface area contributed by atoms with E-state index in [-0.39, 0.29) is 18.0 Å². The number of hydrogen-bond donors (Lipinski definition) is 1. The zero-order valence-corrected chi connectivity index (χ0v) is 16.3. The van der Waals surface area contributed by atoms with E-state index in [1.165, 1.54) is 0 Å². The van der Waals surface area contributed by atoms with E-state index in [0.717, 1.165) is 11.3 Å². The fourth-order valence-corrected chi connectivity index (χ4v) is 3.17. The standard InChI is InChI=1S/C22H25N3O3/c1-3-25(15-20-23-18-11-7-6-10-17(18)22(27)24-20)21(26)14-13-16-9-5-8-12-19(16)28-4-2/h5-12H,3-4,13-15H2,1-2H3,(H,23,24,27). The number of hydrogen-bond acceptors (Lipinski definition) is 4. The lowest BCUT2D eigenvalue weighted by Crippen LogP contribution is -2.32. The van der Waals surface area contributed by atoms with Crippen molar-refractivity contribution < 1.29 is 9.53 Å². The molecule has 0 unspecified atom stereocenters. The molecule has 3 aromatic rings. The summed E-state index contributed by atoms with van der Waals surface area (Å²) in [5, 5.41) is 0.549. The molecule has 1 amide bonds. The van der Waals surface area contributed by atoms with Crippen LogP contribution in [0.5, 0.6) is 5.75 Å². The molecule has 146 valence electrons. The number of aromatic amines is 1. The van der Waals surface area contributed by atoms with Crippen LogP contribution < -0.4 is 10.3 Å². The molecule has 28 heavy (non-hydrogen) atoms. The second-order valence-electron chi connectivity index (χ2n) is 6.48. The number of nitrogens with one attached hydrogen (secondary N) is 1. The van der Waals surface area contributed by atoms with Gasteiger partial charge in [0, 0.05) is 13.0 Å². The lowest BCUT2D eigenvalue weighted by molar-refractivity contribution is -0.131. The van der Waals surface area contributed by atoms with E-state index in [1.54, 1.807) is 23.1 Å². The topological polar surface area (TPSA) is 75.3 Å². The zero-order valence-electron chi connectivity index (χ0n) is 16.3. The first-order valence-electron chi connectivity index (χ1n) is 9.58. The van der Waals surface area contributed by atoms with Crippen LogP contribution in [0.25, 0.3) is 10.9 Å². The number of nitrogens with zero attached hydrogens (tertiary/aromatic N) is 2. The molecule has 0 atom stereocenters. The molecular weight excluding hydrogens is 354 g/mol. The van der Waals surface area contributed by atoms with Gasteiger partial charge in [-0.1, -0.05) is 30.3 Å². The van der Waals surface area contributed by atoms with Crippen LogP contribution in [0.2, 0.25) is 0 Å². The molecule has 0 spiro atoms. The third-order valence-corrected chi connectivity index (χ3v) is 4.62. The molecule has 0 aliphatic carbocycles. The highest BCUT2D eigenvalue weighted by molar-refractivity contribution is 5.78. The Labute approximate surface area is 164 Å². The van der Waals surface area contributed by atoms with Crippen LogP contribution in [0.1, 0.15) is 31.7 Å². The molecule has 6 nitrogen and oxygen atoms in total. The van der Waals surface area contributed by atoms with Crippen molar-refractivity contribution in [2.24, 2.45) is 0 Å². The Kier molecular flexibility index (Phi) is 6.42. The molecule has 0 radical (unpaired) electrons. The van der Waals surface area contributed by atoms with Crippen LogP contribution in [0, 0.1) is 0 Å². The number of carbonyl (C=O) groups is 1. The van der Waals surface area contributed by atoms with Crippen molar-refractivity contribution in [3.8, 4) is 5.75 Å². The average molecular weight is 379 g/mol. The van der Waals surface area contributed by atoms with E-state index in [2.05, 4.69) is 9.97 Å². The Balaban J connectivity index is 1.70. The van der Waals surface area contributed by atoms with E-state index < -0.39 is 0 Å². The fraction of sp³-hybridized carbons (Fsp3) is 0.318. The smallest absolute Gasteiger partial charge is 0.258 e. The van der Waals surface area contributed by atoms with Gasteiger partial charge in [0.25, 0.3) is 5.56 Å². The Morgan fingerprint density at radius 2 is 1.86 bits per heavy atom. The molecule has 0 saturated carbocycles. The summed E-state index contributed by atoms with van der Waals surface area (Å²) in [6.07, 6.45) is 0.975. The van der Waals surface area contributed by atoms with Gasteiger partial charge in [0.05, 0.1) is 24.1 Å². The summed E-state index contributed by atoms with van der Waals surface area (Å²) >= 11 is 0. The lowest BCUT2D eigenvalue weighted by atomic mass is 10.1. The highest BCUT2D eigenvalue weighted by Crippen LogP contribution is 2.20. The number of aromatic nitrogens is 2. The summed E-state index contributed by atoms with van der Waals surface area (Å²) in [5.41, 5.74) is 1.47. The van der Waals surface area contributed by atoms with Crippen molar-refractivity contribution in [2.45, 2.75) is 33.2 Å². The van der Waals surface area contributed by atoms with Crippen LogP contribution in [0.4, 0.5) is 0 Å². The van der Waals surface area contributed by atoms with Crippen LogP contribution >= 0.6 is 0 Å². The number of benzene rings is 2. The normalized spacial score (nSPS) is 10.8. The third kappa shape index (κ3) is 4.57. The van der Waals surface area contributed by atoms with Crippen LogP contribution in [-0.2, 0) is 17.8 Å². The number of amides is 1. The lowest BCUT2D eigenvalue weighted by Gasteiger charge is -2.20. The van der Waals surface area contributed by atoms with Gasteiger partial charge in [0.2, 0.25) is 5.91 Å². The predicted molar refractivity (Wildman–Crippen MR) is 109 cm³/mol. The maximum atomic E-state index is 12.7. The van der Waals surface area contributed by atoms with Gasteiger partial charge >= 0.3 is 0 Å². The molecule has 0 fully saturated rings. The van der Waals surface area contributed by atoms with E-state index >= 15 is 0 Å². The van der Waals surface area contributed by atoms with Gasteiger partial charge in [-0.25, -0.2) is 4.98 Å². The average Bonchev–Trinajstić information content (AvgIpc) is 2.71. The van der Waals surface area contributed by atoms with Crippen LogP contribution in [-0.4, -0.2) is 33.9 Å². The van der Waals surface area contributed by atoms with E-state index in [4.69, 9.17) is 4.74 Å². The summed E-state index contributed by atoms with van der Waals surface area (Å²) < 4.78 is 5.63. The molecular formula is C22H25N3O3. The largest absolute Gasteiger partial charge is 0.494 e. The third-order valence-electron chi connectivity index (χ3n) is 4.62. The van der Waals surface area contributed by atoms with Gasteiger partial charge in [-0.3, -0.25) is 9.59 Å². The molecule has 2 aromatic carbocycles. The van der Waals surface area contributed by atoms with Crippen molar-refractivity contribution in [1.82, 2.24) is 14.9 Å². The second kappa shape index (κ2) is 9.17. The van der Waals surface area contributed by atoms with Gasteiger partial charge in [-0.15, -0.1) is 0 Å². The minimum absolute atomic E-state index is 0.0182. The molecule has 1 aromatic heterocycles. The summed E-state index contributed by atoms with van der Waals surface area (Å²) in [6.45, 7) is 5.28. The number of rotatable bonds is 8. The maximum absolute atomic E-state index is 12.7. The van der Waals surface area contributed by atoms with Crippen molar-refractivity contribution in [3.63, 3.8) is 0 Å². The van der Waals surface area contributed by atoms with Crippen molar-refractivity contribution in [3.05, 3.63) is 70.3 Å². The number of carbonyl (C=O) groups excluding carboxylic acids is 1. The summed E-state index contributed by atoms with van der Waals surface area (Å²) in [4.78, 5) is 34.0. The molecule has 0 aliphatic rings.